The minimum Gasteiger partial charge on any atom is -0.493 e. The third kappa shape index (κ3) is 3.64. The number of benzene rings is 2. The SMILES string of the molecule is COc1cccc(-c2nc3ccccc3c(=O)[nH]2)c1OCCN(C)C. The lowest BCUT2D eigenvalue weighted by Gasteiger charge is -2.16. The average Bonchev–Trinajstić information content (AvgIpc) is 2.61. The zero-order valence-corrected chi connectivity index (χ0v) is 14.6. The Hall–Kier alpha value is -2.86. The van der Waals surface area contributed by atoms with Crippen LogP contribution in [0.5, 0.6) is 11.5 Å². The van der Waals surface area contributed by atoms with Crippen molar-refractivity contribution in [2.45, 2.75) is 0 Å². The third-order valence-electron chi connectivity index (χ3n) is 3.85. The van der Waals surface area contributed by atoms with Gasteiger partial charge in [-0.3, -0.25) is 4.79 Å². The highest BCUT2D eigenvalue weighted by Crippen LogP contribution is 2.36. The molecule has 0 amide bonds. The number of nitrogens with zero attached hydrogens (tertiary/aromatic N) is 2. The molecule has 25 heavy (non-hydrogen) atoms. The minimum atomic E-state index is -0.178. The van der Waals surface area contributed by atoms with Crippen molar-refractivity contribution in [2.75, 3.05) is 34.4 Å². The van der Waals surface area contributed by atoms with Crippen molar-refractivity contribution in [1.29, 1.82) is 0 Å². The van der Waals surface area contributed by atoms with Crippen LogP contribution >= 0.6 is 0 Å². The monoisotopic (exact) mass is 339 g/mol. The van der Waals surface area contributed by atoms with Gasteiger partial charge in [-0.05, 0) is 38.4 Å². The fraction of sp³-hybridized carbons (Fsp3) is 0.263. The van der Waals surface area contributed by atoms with E-state index in [-0.39, 0.29) is 5.56 Å². The first-order chi connectivity index (χ1) is 12.1. The van der Waals surface area contributed by atoms with E-state index in [0.717, 1.165) is 6.54 Å². The molecule has 0 saturated carbocycles. The van der Waals surface area contributed by atoms with Crippen molar-refractivity contribution in [3.8, 4) is 22.9 Å². The Bertz CT molecular complexity index is 935. The molecular weight excluding hydrogens is 318 g/mol. The standard InChI is InChI=1S/C19H21N3O3/c1-22(2)11-12-25-17-14(8-6-10-16(17)24-3)18-20-15-9-5-4-7-13(15)19(23)21-18/h4-10H,11-12H2,1-3H3,(H,20,21,23). The zero-order valence-electron chi connectivity index (χ0n) is 14.6. The van der Waals surface area contributed by atoms with Crippen molar-refractivity contribution < 1.29 is 9.47 Å². The molecule has 0 radical (unpaired) electrons. The summed E-state index contributed by atoms with van der Waals surface area (Å²) in [5, 5.41) is 0.559. The number of H-pyrrole nitrogens is 1. The summed E-state index contributed by atoms with van der Waals surface area (Å²) in [5.41, 5.74) is 1.16. The van der Waals surface area contributed by atoms with Gasteiger partial charge >= 0.3 is 0 Å². The second kappa shape index (κ2) is 7.36. The van der Waals surface area contributed by atoms with Crippen molar-refractivity contribution in [3.63, 3.8) is 0 Å². The maximum atomic E-state index is 12.4. The summed E-state index contributed by atoms with van der Waals surface area (Å²) in [4.78, 5) is 21.8. The molecule has 3 aromatic rings. The highest BCUT2D eigenvalue weighted by Gasteiger charge is 2.15. The van der Waals surface area contributed by atoms with Gasteiger partial charge < -0.3 is 19.4 Å². The quantitative estimate of drug-likeness (QED) is 0.747. The van der Waals surface area contributed by atoms with Crippen LogP contribution in [0.1, 0.15) is 0 Å². The van der Waals surface area contributed by atoms with Crippen molar-refractivity contribution in [2.24, 2.45) is 0 Å². The molecule has 130 valence electrons. The van der Waals surface area contributed by atoms with Gasteiger partial charge in [0.25, 0.3) is 5.56 Å². The smallest absolute Gasteiger partial charge is 0.259 e. The molecule has 1 N–H and O–H groups in total. The van der Waals surface area contributed by atoms with Gasteiger partial charge in [0.05, 0.1) is 23.6 Å². The largest absolute Gasteiger partial charge is 0.493 e. The van der Waals surface area contributed by atoms with Gasteiger partial charge in [0, 0.05) is 6.54 Å². The van der Waals surface area contributed by atoms with Crippen LogP contribution in [0.4, 0.5) is 0 Å². The lowest BCUT2D eigenvalue weighted by atomic mass is 10.1. The highest BCUT2D eigenvalue weighted by molar-refractivity contribution is 5.80. The molecule has 0 bridgehead atoms. The number of hydrogen-bond donors (Lipinski definition) is 1. The molecule has 2 aromatic carbocycles. The molecule has 0 spiro atoms. The number of methoxy groups -OCH3 is 1. The Morgan fingerprint density at radius 2 is 1.92 bits per heavy atom. The Balaban J connectivity index is 2.08. The summed E-state index contributed by atoms with van der Waals surface area (Å²) < 4.78 is 11.4. The lowest BCUT2D eigenvalue weighted by Crippen LogP contribution is -2.20. The number of ether oxygens (including phenoxy) is 2. The summed E-state index contributed by atoms with van der Waals surface area (Å²) in [6, 6.07) is 12.8. The van der Waals surface area contributed by atoms with Crippen LogP contribution in [0, 0.1) is 0 Å². The Labute approximate surface area is 146 Å². The fourth-order valence-electron chi connectivity index (χ4n) is 2.56. The molecule has 0 aliphatic heterocycles. The molecule has 0 aliphatic rings. The second-order valence-corrected chi connectivity index (χ2v) is 5.92. The van der Waals surface area contributed by atoms with Crippen LogP contribution in [0.3, 0.4) is 0 Å². The highest BCUT2D eigenvalue weighted by atomic mass is 16.5. The second-order valence-electron chi connectivity index (χ2n) is 5.92. The molecule has 0 unspecified atom stereocenters. The van der Waals surface area contributed by atoms with Crippen LogP contribution in [-0.2, 0) is 0 Å². The third-order valence-corrected chi connectivity index (χ3v) is 3.85. The lowest BCUT2D eigenvalue weighted by molar-refractivity contribution is 0.251. The predicted octanol–water partition coefficient (Wildman–Crippen LogP) is 2.54. The van der Waals surface area contributed by atoms with Gasteiger partial charge in [0.1, 0.15) is 12.4 Å². The van der Waals surface area contributed by atoms with E-state index in [1.54, 1.807) is 13.2 Å². The molecule has 3 rings (SSSR count). The van der Waals surface area contributed by atoms with E-state index in [4.69, 9.17) is 9.47 Å². The molecule has 0 aliphatic carbocycles. The zero-order chi connectivity index (χ0) is 17.8. The maximum absolute atomic E-state index is 12.4. The molecule has 1 heterocycles. The minimum absolute atomic E-state index is 0.178. The molecule has 6 nitrogen and oxygen atoms in total. The number of nitrogens with one attached hydrogen (secondary N) is 1. The van der Waals surface area contributed by atoms with Crippen molar-refractivity contribution in [1.82, 2.24) is 14.9 Å². The van der Waals surface area contributed by atoms with E-state index >= 15 is 0 Å². The van der Waals surface area contributed by atoms with Crippen LogP contribution < -0.4 is 15.0 Å². The fourth-order valence-corrected chi connectivity index (χ4v) is 2.56. The summed E-state index contributed by atoms with van der Waals surface area (Å²) in [6.07, 6.45) is 0. The first kappa shape index (κ1) is 17.0. The van der Waals surface area contributed by atoms with Gasteiger partial charge in [-0.2, -0.15) is 0 Å². The van der Waals surface area contributed by atoms with Crippen molar-refractivity contribution in [3.05, 3.63) is 52.8 Å². The molecule has 6 heteroatoms. The number of para-hydroxylation sites is 2. The van der Waals surface area contributed by atoms with Gasteiger partial charge in [0.2, 0.25) is 0 Å². The van der Waals surface area contributed by atoms with E-state index < -0.39 is 0 Å². The van der Waals surface area contributed by atoms with Crippen LogP contribution in [0.25, 0.3) is 22.3 Å². The van der Waals surface area contributed by atoms with E-state index in [2.05, 4.69) is 9.97 Å². The number of aromatic nitrogens is 2. The van der Waals surface area contributed by atoms with Gasteiger partial charge in [-0.25, -0.2) is 4.98 Å². The predicted molar refractivity (Wildman–Crippen MR) is 98.4 cm³/mol. The van der Waals surface area contributed by atoms with Crippen LogP contribution in [-0.4, -0.2) is 49.2 Å². The number of aromatic amines is 1. The molecule has 0 saturated heterocycles. The number of hydrogen-bond acceptors (Lipinski definition) is 5. The summed E-state index contributed by atoms with van der Waals surface area (Å²) in [5.74, 6) is 1.64. The number of rotatable bonds is 6. The molecule has 0 fully saturated rings. The number of likely N-dealkylation sites (N-methyl/N-ethyl adjacent to an activating group) is 1. The Kier molecular flexibility index (Phi) is 5.00. The first-order valence-electron chi connectivity index (χ1n) is 8.04. The Morgan fingerprint density at radius 3 is 2.68 bits per heavy atom. The summed E-state index contributed by atoms with van der Waals surface area (Å²) in [6.45, 7) is 1.26. The normalized spacial score (nSPS) is 11.0. The maximum Gasteiger partial charge on any atom is 0.259 e. The van der Waals surface area contributed by atoms with E-state index in [1.807, 2.05) is 55.4 Å². The summed E-state index contributed by atoms with van der Waals surface area (Å²) in [7, 11) is 5.55. The number of fused-ring (bicyclic) bond motifs is 1. The molecule has 0 atom stereocenters. The van der Waals surface area contributed by atoms with Gasteiger partial charge in [-0.1, -0.05) is 18.2 Å². The van der Waals surface area contributed by atoms with Crippen molar-refractivity contribution >= 4 is 10.9 Å². The van der Waals surface area contributed by atoms with E-state index in [0.29, 0.717) is 40.4 Å². The molecule has 1 aromatic heterocycles. The first-order valence-corrected chi connectivity index (χ1v) is 8.04. The van der Waals surface area contributed by atoms with Gasteiger partial charge in [-0.15, -0.1) is 0 Å². The Morgan fingerprint density at radius 1 is 1.12 bits per heavy atom. The van der Waals surface area contributed by atoms with E-state index in [1.165, 1.54) is 0 Å². The average molecular weight is 339 g/mol. The van der Waals surface area contributed by atoms with Crippen LogP contribution in [0.2, 0.25) is 0 Å². The van der Waals surface area contributed by atoms with Crippen LogP contribution in [0.15, 0.2) is 47.3 Å². The molecular formula is C19H21N3O3. The summed E-state index contributed by atoms with van der Waals surface area (Å²) >= 11 is 0. The topological polar surface area (TPSA) is 67.4 Å². The van der Waals surface area contributed by atoms with E-state index in [9.17, 15) is 4.79 Å². The van der Waals surface area contributed by atoms with Gasteiger partial charge in [0.15, 0.2) is 11.5 Å².